The minimum absolute atomic E-state index is 0.0706. The molecule has 1 aliphatic carbocycles. The Hall–Kier alpha value is -0.570. The van der Waals surface area contributed by atoms with Gasteiger partial charge in [-0.2, -0.15) is 0 Å². The predicted molar refractivity (Wildman–Crippen MR) is 36.7 cm³/mol. The zero-order valence-corrected chi connectivity index (χ0v) is 5.79. The maximum Gasteiger partial charge on any atom is 0.135 e. The average molecular weight is 141 g/mol. The molecule has 1 heterocycles. The lowest BCUT2D eigenvalue weighted by Gasteiger charge is -2.05. The first-order valence-corrected chi connectivity index (χ1v) is 3.75. The van der Waals surface area contributed by atoms with Gasteiger partial charge in [-0.15, -0.1) is 0 Å². The number of fused-ring (bicyclic) bond motifs is 1. The molecule has 0 saturated heterocycles. The van der Waals surface area contributed by atoms with Crippen molar-refractivity contribution < 1.29 is 9.94 Å². The van der Waals surface area contributed by atoms with Crippen molar-refractivity contribution in [3.8, 4) is 0 Å². The molecule has 0 unspecified atom stereocenters. The molecule has 0 radical (unpaired) electrons. The molecule has 0 aromatic carbocycles. The third-order valence-corrected chi connectivity index (χ3v) is 2.35. The van der Waals surface area contributed by atoms with E-state index in [-0.39, 0.29) is 6.61 Å². The highest BCUT2D eigenvalue weighted by atomic mass is 16.6. The minimum atomic E-state index is 0.0706. The molecule has 0 aromatic heterocycles. The molecule has 0 amide bonds. The van der Waals surface area contributed by atoms with E-state index >= 15 is 0 Å². The van der Waals surface area contributed by atoms with E-state index in [2.05, 4.69) is 5.16 Å². The Kier molecular flexibility index (Phi) is 1.38. The summed E-state index contributed by atoms with van der Waals surface area (Å²) >= 11 is 0. The molecule has 10 heavy (non-hydrogen) atoms. The molecule has 1 N–H and O–H groups in total. The molecule has 1 saturated carbocycles. The van der Waals surface area contributed by atoms with Crippen molar-refractivity contribution in [3.05, 3.63) is 0 Å². The number of aliphatic hydroxyl groups is 1. The zero-order valence-electron chi connectivity index (χ0n) is 5.79. The third kappa shape index (κ3) is 0.736. The van der Waals surface area contributed by atoms with Crippen molar-refractivity contribution in [2.45, 2.75) is 25.4 Å². The van der Waals surface area contributed by atoms with Gasteiger partial charge >= 0.3 is 0 Å². The highest BCUT2D eigenvalue weighted by Crippen LogP contribution is 2.33. The summed E-state index contributed by atoms with van der Waals surface area (Å²) in [5, 5.41) is 12.6. The van der Waals surface area contributed by atoms with E-state index < -0.39 is 0 Å². The number of nitrogens with zero attached hydrogens (tertiary/aromatic N) is 1. The van der Waals surface area contributed by atoms with Crippen molar-refractivity contribution in [1.82, 2.24) is 0 Å². The molecular weight excluding hydrogens is 130 g/mol. The SMILES string of the molecule is OCC1=NO[C@@H]2CCC[C@@H]12. The molecule has 56 valence electrons. The molecule has 0 bridgehead atoms. The molecule has 2 rings (SSSR count). The molecule has 0 aromatic rings. The van der Waals surface area contributed by atoms with Crippen molar-refractivity contribution in [3.63, 3.8) is 0 Å². The van der Waals surface area contributed by atoms with Crippen molar-refractivity contribution in [2.75, 3.05) is 6.61 Å². The van der Waals surface area contributed by atoms with Crippen LogP contribution in [0.15, 0.2) is 5.16 Å². The molecule has 3 nitrogen and oxygen atoms in total. The summed E-state index contributed by atoms with van der Waals surface area (Å²) in [6, 6.07) is 0. The van der Waals surface area contributed by atoms with Crippen LogP contribution in [0.25, 0.3) is 0 Å². The lowest BCUT2D eigenvalue weighted by Crippen LogP contribution is -2.19. The maximum atomic E-state index is 8.80. The van der Waals surface area contributed by atoms with Gasteiger partial charge in [0.2, 0.25) is 0 Å². The van der Waals surface area contributed by atoms with Crippen LogP contribution in [0, 0.1) is 5.92 Å². The van der Waals surface area contributed by atoms with Crippen LogP contribution in [-0.4, -0.2) is 23.5 Å². The summed E-state index contributed by atoms with van der Waals surface area (Å²) in [4.78, 5) is 5.11. The fourth-order valence-electron chi connectivity index (χ4n) is 1.78. The summed E-state index contributed by atoms with van der Waals surface area (Å²) in [7, 11) is 0. The predicted octanol–water partition coefficient (Wildman–Crippen LogP) is 0.534. The van der Waals surface area contributed by atoms with Gasteiger partial charge in [0.1, 0.15) is 6.10 Å². The Morgan fingerprint density at radius 2 is 2.50 bits per heavy atom. The number of hydrogen-bond donors (Lipinski definition) is 1. The lowest BCUT2D eigenvalue weighted by molar-refractivity contribution is 0.0746. The second kappa shape index (κ2) is 2.23. The molecule has 0 spiro atoms. The Morgan fingerprint density at radius 1 is 1.60 bits per heavy atom. The molecule has 2 atom stereocenters. The molecular formula is C7H11NO2. The van der Waals surface area contributed by atoms with Gasteiger partial charge in [0.25, 0.3) is 0 Å². The number of aliphatic hydroxyl groups excluding tert-OH is 1. The topological polar surface area (TPSA) is 41.8 Å². The van der Waals surface area contributed by atoms with Crippen LogP contribution in [0.1, 0.15) is 19.3 Å². The van der Waals surface area contributed by atoms with Crippen molar-refractivity contribution in [1.29, 1.82) is 0 Å². The van der Waals surface area contributed by atoms with Gasteiger partial charge in [-0.3, -0.25) is 0 Å². The standard InChI is InChI=1S/C7H11NO2/c9-4-6-5-2-1-3-7(5)10-8-6/h5,7,9H,1-4H2/t5-,7+/m0/s1. The van der Waals surface area contributed by atoms with E-state index in [1.807, 2.05) is 0 Å². The second-order valence-corrected chi connectivity index (χ2v) is 2.92. The van der Waals surface area contributed by atoms with Crippen LogP contribution in [0.4, 0.5) is 0 Å². The Labute approximate surface area is 59.7 Å². The second-order valence-electron chi connectivity index (χ2n) is 2.92. The smallest absolute Gasteiger partial charge is 0.135 e. The van der Waals surface area contributed by atoms with E-state index in [4.69, 9.17) is 9.94 Å². The summed E-state index contributed by atoms with van der Waals surface area (Å²) in [6.45, 7) is 0.0706. The quantitative estimate of drug-likeness (QED) is 0.579. The van der Waals surface area contributed by atoms with Crippen LogP contribution in [0.5, 0.6) is 0 Å². The van der Waals surface area contributed by atoms with Crippen LogP contribution in [-0.2, 0) is 4.84 Å². The van der Waals surface area contributed by atoms with E-state index in [1.54, 1.807) is 0 Å². The summed E-state index contributed by atoms with van der Waals surface area (Å²) < 4.78 is 0. The summed E-state index contributed by atoms with van der Waals surface area (Å²) in [5.41, 5.74) is 0.850. The van der Waals surface area contributed by atoms with Gasteiger partial charge in [-0.25, -0.2) is 0 Å². The number of hydrogen-bond acceptors (Lipinski definition) is 3. The first-order valence-electron chi connectivity index (χ1n) is 3.75. The molecule has 1 fully saturated rings. The highest BCUT2D eigenvalue weighted by molar-refractivity contribution is 5.89. The summed E-state index contributed by atoms with van der Waals surface area (Å²) in [6.07, 6.45) is 3.76. The van der Waals surface area contributed by atoms with E-state index in [9.17, 15) is 0 Å². The van der Waals surface area contributed by atoms with Crippen LogP contribution in [0.2, 0.25) is 0 Å². The number of oxime groups is 1. The van der Waals surface area contributed by atoms with Gasteiger partial charge in [-0.05, 0) is 19.3 Å². The average Bonchev–Trinajstić information content (AvgIpc) is 2.44. The molecule has 1 aliphatic heterocycles. The van der Waals surface area contributed by atoms with Crippen molar-refractivity contribution in [2.24, 2.45) is 11.1 Å². The van der Waals surface area contributed by atoms with E-state index in [1.165, 1.54) is 6.42 Å². The minimum Gasteiger partial charge on any atom is -0.392 e. The first kappa shape index (κ1) is 6.16. The van der Waals surface area contributed by atoms with Crippen molar-refractivity contribution >= 4 is 5.71 Å². The highest BCUT2D eigenvalue weighted by Gasteiger charge is 2.37. The van der Waals surface area contributed by atoms with Gasteiger partial charge in [0.15, 0.2) is 0 Å². The van der Waals surface area contributed by atoms with Gasteiger partial charge < -0.3 is 9.94 Å². The Morgan fingerprint density at radius 3 is 3.30 bits per heavy atom. The normalized spacial score (nSPS) is 37.1. The Bertz CT molecular complexity index is 167. The lowest BCUT2D eigenvalue weighted by atomic mass is 10.0. The monoisotopic (exact) mass is 141 g/mol. The third-order valence-electron chi connectivity index (χ3n) is 2.35. The van der Waals surface area contributed by atoms with E-state index in [0.29, 0.717) is 12.0 Å². The molecule has 2 aliphatic rings. The summed E-state index contributed by atoms with van der Waals surface area (Å²) in [5.74, 6) is 0.435. The fraction of sp³-hybridized carbons (Fsp3) is 0.857. The van der Waals surface area contributed by atoms with Gasteiger partial charge in [0, 0.05) is 5.92 Å². The Balaban J connectivity index is 2.10. The fourth-order valence-corrected chi connectivity index (χ4v) is 1.78. The van der Waals surface area contributed by atoms with Gasteiger partial charge in [-0.1, -0.05) is 5.16 Å². The first-order chi connectivity index (χ1) is 4.92. The molecule has 3 heteroatoms. The van der Waals surface area contributed by atoms with Crippen LogP contribution >= 0.6 is 0 Å². The zero-order chi connectivity index (χ0) is 6.97. The van der Waals surface area contributed by atoms with Crippen LogP contribution in [0.3, 0.4) is 0 Å². The van der Waals surface area contributed by atoms with E-state index in [0.717, 1.165) is 18.6 Å². The number of rotatable bonds is 1. The van der Waals surface area contributed by atoms with Crippen LogP contribution < -0.4 is 0 Å². The maximum absolute atomic E-state index is 8.80. The van der Waals surface area contributed by atoms with Gasteiger partial charge in [0.05, 0.1) is 12.3 Å². The largest absolute Gasteiger partial charge is 0.392 e.